The van der Waals surface area contributed by atoms with Gasteiger partial charge >= 0.3 is 23.5 Å². The van der Waals surface area contributed by atoms with Crippen LogP contribution in [0.3, 0.4) is 0 Å². The van der Waals surface area contributed by atoms with Crippen LogP contribution in [0, 0.1) is 20.2 Å². The van der Waals surface area contributed by atoms with Crippen molar-refractivity contribution in [3.8, 4) is 11.6 Å². The van der Waals surface area contributed by atoms with E-state index in [2.05, 4.69) is 31.3 Å². The molecule has 0 spiro atoms. The van der Waals surface area contributed by atoms with E-state index < -0.39 is 10.1 Å². The first-order valence-corrected chi connectivity index (χ1v) is 6.15. The second kappa shape index (κ2) is 8.39. The molecule has 0 saturated heterocycles. The van der Waals surface area contributed by atoms with Crippen molar-refractivity contribution in [2.45, 2.75) is 0 Å². The highest BCUT2D eigenvalue weighted by atomic mass is 16.7. The summed E-state index contributed by atoms with van der Waals surface area (Å²) in [5, 5.41) is 36.4. The molecule has 22 heteroatoms. The summed E-state index contributed by atoms with van der Waals surface area (Å²) >= 11 is 0. The lowest BCUT2D eigenvalue weighted by atomic mass is 10.6. The number of rotatable bonds is 5. The first-order chi connectivity index (χ1) is 12.6. The Balaban J connectivity index is 0.000000445. The van der Waals surface area contributed by atoms with Crippen molar-refractivity contribution < 1.29 is 10.1 Å². The van der Waals surface area contributed by atoms with Crippen LogP contribution in [0.25, 0.3) is 11.6 Å². The number of nitrogens with two attached hydrogens (primary N) is 6. The number of hydrazone groups is 1. The molecule has 148 valence electrons. The minimum Gasteiger partial charge on any atom is -0.366 e. The molecule has 0 fully saturated rings. The zero-order valence-corrected chi connectivity index (χ0v) is 13.1. The maximum absolute atomic E-state index is 10.4. The van der Waals surface area contributed by atoms with E-state index in [4.69, 9.17) is 28.9 Å². The van der Waals surface area contributed by atoms with Gasteiger partial charge in [-0.3, -0.25) is 0 Å². The molecule has 2 rings (SSSR count). The van der Waals surface area contributed by atoms with Gasteiger partial charge in [-0.15, -0.1) is 5.10 Å². The van der Waals surface area contributed by atoms with E-state index in [1.165, 1.54) is 0 Å². The van der Waals surface area contributed by atoms with Crippen LogP contribution in [-0.2, 0) is 0 Å². The zero-order chi connectivity index (χ0) is 20.7. The third-order valence-electron chi connectivity index (χ3n) is 2.34. The molecule has 14 N–H and O–H groups in total. The molecular formula is C5H14N18O4. The van der Waals surface area contributed by atoms with Crippen molar-refractivity contribution in [1.29, 1.82) is 0 Å². The van der Waals surface area contributed by atoms with Gasteiger partial charge in [0.25, 0.3) is 0 Å². The van der Waals surface area contributed by atoms with Crippen molar-refractivity contribution >= 4 is 17.9 Å². The number of hydrogen-bond donors (Lipinski definition) is 8. The molecule has 0 aromatic carbocycles. The summed E-state index contributed by atoms with van der Waals surface area (Å²) in [6.07, 6.45) is 0. The van der Waals surface area contributed by atoms with Crippen molar-refractivity contribution in [3.63, 3.8) is 0 Å². The Hall–Kier alpha value is -4.73. The van der Waals surface area contributed by atoms with Crippen LogP contribution in [0.2, 0.25) is 0 Å². The molecular weight excluding hydrogens is 376 g/mol. The molecule has 2 heterocycles. The van der Waals surface area contributed by atoms with Gasteiger partial charge in [0.15, 0.2) is 0 Å². The maximum Gasteiger partial charge on any atom is 0.339 e. The molecule has 0 unspecified atom stereocenters. The smallest absolute Gasteiger partial charge is 0.339 e. The summed E-state index contributed by atoms with van der Waals surface area (Å²) in [5.74, 6) is 12.8. The van der Waals surface area contributed by atoms with Gasteiger partial charge in [-0.1, -0.05) is 29.7 Å². The van der Waals surface area contributed by atoms with E-state index in [1.807, 2.05) is 0 Å². The molecule has 22 nitrogen and oxygen atoms in total. The molecule has 0 radical (unpaired) electrons. The van der Waals surface area contributed by atoms with Crippen LogP contribution >= 0.6 is 0 Å². The van der Waals surface area contributed by atoms with Crippen LogP contribution in [0.15, 0.2) is 5.10 Å². The largest absolute Gasteiger partial charge is 0.366 e. The molecule has 0 aliphatic carbocycles. The minimum atomic E-state index is -0.936. The Morgan fingerprint density at radius 2 is 1.33 bits per heavy atom. The van der Waals surface area contributed by atoms with E-state index in [0.29, 0.717) is 14.5 Å². The van der Waals surface area contributed by atoms with Crippen LogP contribution in [-0.4, -0.2) is 50.9 Å². The lowest BCUT2D eigenvalue weighted by molar-refractivity contribution is -0.462. The predicted octanol–water partition coefficient (Wildman–Crippen LogP) is -5.60. The first-order valence-electron chi connectivity index (χ1n) is 6.15. The van der Waals surface area contributed by atoms with Gasteiger partial charge in [-0.05, 0) is 11.1 Å². The zero-order valence-electron chi connectivity index (χ0n) is 13.1. The van der Waals surface area contributed by atoms with Gasteiger partial charge in [0, 0.05) is 10.1 Å². The maximum atomic E-state index is 10.4. The molecule has 0 bridgehead atoms. The number of guanidine groups is 1. The molecule has 0 saturated carbocycles. The topological polar surface area (TPSA) is 343 Å². The lowest BCUT2D eigenvalue weighted by Crippen LogP contribution is -2.48. The van der Waals surface area contributed by atoms with Crippen molar-refractivity contribution in [3.05, 3.63) is 20.2 Å². The highest BCUT2D eigenvalue weighted by Crippen LogP contribution is 2.16. The van der Waals surface area contributed by atoms with Gasteiger partial charge in [-0.25, -0.2) is 16.8 Å². The average Bonchev–Trinajstić information content (AvgIpc) is 3.10. The summed E-state index contributed by atoms with van der Waals surface area (Å²) in [6.45, 7) is 0. The average molecular weight is 390 g/mol. The number of anilines is 2. The number of hydrogen-bond acceptors (Lipinski definition) is 14. The fourth-order valence-corrected chi connectivity index (χ4v) is 1.31. The number of hydrazine groups is 4. The minimum absolute atomic E-state index is 0.111. The Kier molecular flexibility index (Phi) is 6.31. The fraction of sp³-hybridized carbons (Fsp3) is 0. The van der Waals surface area contributed by atoms with Crippen LogP contribution in [0.4, 0.5) is 11.9 Å². The summed E-state index contributed by atoms with van der Waals surface area (Å²) in [6, 6.07) is 0. The van der Waals surface area contributed by atoms with Gasteiger partial charge < -0.3 is 43.3 Å². The van der Waals surface area contributed by atoms with Crippen molar-refractivity contribution in [1.82, 2.24) is 34.9 Å². The van der Waals surface area contributed by atoms with E-state index in [9.17, 15) is 20.2 Å². The Labute approximate surface area is 146 Å². The van der Waals surface area contributed by atoms with Crippen LogP contribution in [0.1, 0.15) is 0 Å². The highest BCUT2D eigenvalue weighted by Gasteiger charge is 2.30. The number of nitrogen functional groups attached to an aromatic ring is 2. The quantitative estimate of drug-likeness (QED) is 0.0774. The normalized spacial score (nSPS) is 10.5. The van der Waals surface area contributed by atoms with E-state index in [0.717, 1.165) is 0 Å². The number of aromatic nitrogens is 6. The van der Waals surface area contributed by atoms with E-state index >= 15 is 0 Å². The predicted molar refractivity (Wildman–Crippen MR) is 86.6 cm³/mol. The van der Waals surface area contributed by atoms with E-state index in [1.54, 1.807) is 11.1 Å². The molecule has 2 aromatic rings. The second-order valence-electron chi connectivity index (χ2n) is 4.04. The molecule has 27 heavy (non-hydrogen) atoms. The van der Waals surface area contributed by atoms with Gasteiger partial charge in [0.2, 0.25) is 5.96 Å². The molecule has 0 amide bonds. The lowest BCUT2D eigenvalue weighted by Gasteiger charge is -2.06. The first kappa shape index (κ1) is 20.3. The molecule has 2 aromatic heterocycles. The summed E-state index contributed by atoms with van der Waals surface area (Å²) in [5.41, 5.74) is 19.0. The van der Waals surface area contributed by atoms with Crippen LogP contribution in [0.5, 0.6) is 0 Å². The number of nitro groups is 2. The van der Waals surface area contributed by atoms with Crippen molar-refractivity contribution in [2.75, 3.05) is 22.5 Å². The summed E-state index contributed by atoms with van der Waals surface area (Å²) in [4.78, 5) is 20.9. The molecule has 0 aliphatic rings. The highest BCUT2D eigenvalue weighted by molar-refractivity contribution is 5.76. The Bertz CT molecular complexity index is 775. The Morgan fingerprint density at radius 3 is 1.56 bits per heavy atom. The van der Waals surface area contributed by atoms with Gasteiger partial charge in [0.1, 0.15) is 0 Å². The van der Waals surface area contributed by atoms with E-state index in [-0.39, 0.29) is 29.5 Å². The Morgan fingerprint density at radius 1 is 0.963 bits per heavy atom. The SMILES string of the molecule is NN=C(N)N(N)N.Nc1nnc(-c2nnc(N)n2N[N+](=O)[O-])n1N[N+](=O)[O-]. The third kappa shape index (κ3) is 5.12. The standard InChI is InChI=1S/C4H6N12O4.CH8N6/c5-3-9-7-1(13(3)11-15(17)18)2-8-10-4(6)14(2)12-16(19)20;2-1(6-3)7(4)5/h11-12H,(H2,5,9)(H2,6,10);3-5H2,(H2,2,6). The number of nitrogens with zero attached hydrogens (tertiary/aromatic N) is 10. The third-order valence-corrected chi connectivity index (χ3v) is 2.34. The molecule has 0 aliphatic heterocycles. The fourth-order valence-electron chi connectivity index (χ4n) is 1.31. The summed E-state index contributed by atoms with van der Waals surface area (Å²) in [7, 11) is 0. The van der Waals surface area contributed by atoms with Gasteiger partial charge in [0.05, 0.1) is 0 Å². The molecule has 0 atom stereocenters. The van der Waals surface area contributed by atoms with Crippen molar-refractivity contribution in [2.24, 2.45) is 28.4 Å². The monoisotopic (exact) mass is 390 g/mol. The van der Waals surface area contributed by atoms with Gasteiger partial charge in [-0.2, -0.15) is 0 Å². The number of nitrogens with one attached hydrogen (secondary N) is 2. The van der Waals surface area contributed by atoms with Crippen LogP contribution < -0.4 is 45.8 Å². The second-order valence-corrected chi connectivity index (χ2v) is 4.04. The summed E-state index contributed by atoms with van der Waals surface area (Å²) < 4.78 is 1.28.